The predicted octanol–water partition coefficient (Wildman–Crippen LogP) is 1.71. The summed E-state index contributed by atoms with van der Waals surface area (Å²) >= 11 is 0. The summed E-state index contributed by atoms with van der Waals surface area (Å²) in [5.74, 6) is 0.487. The number of aliphatic hydroxyl groups excluding tert-OH is 1. The molecule has 1 aliphatic rings. The summed E-state index contributed by atoms with van der Waals surface area (Å²) in [4.78, 5) is 4.28. The van der Waals surface area contributed by atoms with Gasteiger partial charge in [-0.2, -0.15) is 0 Å². The van der Waals surface area contributed by atoms with E-state index in [0.29, 0.717) is 5.92 Å². The lowest BCUT2D eigenvalue weighted by atomic mass is 10.0. The van der Waals surface area contributed by atoms with Crippen LogP contribution in [0.25, 0.3) is 0 Å². The number of hydrogen-bond acceptors (Lipinski definition) is 2. The van der Waals surface area contributed by atoms with Crippen molar-refractivity contribution in [2.24, 2.45) is 0 Å². The maximum atomic E-state index is 9.33. The van der Waals surface area contributed by atoms with Crippen LogP contribution in [0.5, 0.6) is 0 Å². The molecule has 0 spiro atoms. The molecule has 1 fully saturated rings. The summed E-state index contributed by atoms with van der Waals surface area (Å²) in [7, 11) is 0. The third kappa shape index (κ3) is 1.48. The lowest BCUT2D eigenvalue weighted by molar-refractivity contribution is 0.181. The minimum Gasteiger partial charge on any atom is -0.393 e. The highest BCUT2D eigenvalue weighted by Crippen LogP contribution is 2.32. The number of pyridine rings is 1. The van der Waals surface area contributed by atoms with Crippen LogP contribution < -0.4 is 0 Å². The molecule has 2 nitrogen and oxygen atoms in total. The van der Waals surface area contributed by atoms with Gasteiger partial charge in [-0.15, -0.1) is 0 Å². The Morgan fingerprint density at radius 2 is 2.25 bits per heavy atom. The Morgan fingerprint density at radius 1 is 1.33 bits per heavy atom. The van der Waals surface area contributed by atoms with Crippen LogP contribution in [0.3, 0.4) is 0 Å². The smallest absolute Gasteiger partial charge is 0.0546 e. The number of nitrogens with zero attached hydrogens (tertiary/aromatic N) is 1. The zero-order valence-corrected chi connectivity index (χ0v) is 6.98. The van der Waals surface area contributed by atoms with Crippen molar-refractivity contribution >= 4 is 0 Å². The number of hydrogen-bond donors (Lipinski definition) is 1. The molecule has 0 amide bonds. The van der Waals surface area contributed by atoms with Crippen molar-refractivity contribution in [1.29, 1.82) is 0 Å². The monoisotopic (exact) mass is 163 g/mol. The first-order chi connectivity index (χ1) is 5.86. The van der Waals surface area contributed by atoms with Crippen LogP contribution in [0.15, 0.2) is 24.4 Å². The lowest BCUT2D eigenvalue weighted by Crippen LogP contribution is -2.00. The van der Waals surface area contributed by atoms with Crippen molar-refractivity contribution in [3.05, 3.63) is 30.1 Å². The minimum absolute atomic E-state index is 0.1000. The van der Waals surface area contributed by atoms with Crippen molar-refractivity contribution in [2.45, 2.75) is 31.3 Å². The third-order valence-corrected chi connectivity index (χ3v) is 2.51. The first kappa shape index (κ1) is 7.74. The van der Waals surface area contributed by atoms with Gasteiger partial charge < -0.3 is 5.11 Å². The average molecular weight is 163 g/mol. The number of aromatic nitrogens is 1. The molecule has 0 bridgehead atoms. The molecule has 1 aromatic rings. The van der Waals surface area contributed by atoms with E-state index in [4.69, 9.17) is 0 Å². The van der Waals surface area contributed by atoms with E-state index in [0.717, 1.165) is 25.0 Å². The van der Waals surface area contributed by atoms with E-state index in [2.05, 4.69) is 4.98 Å². The molecule has 1 aromatic heterocycles. The normalized spacial score (nSPS) is 29.1. The molecule has 1 aliphatic carbocycles. The molecule has 2 rings (SSSR count). The van der Waals surface area contributed by atoms with E-state index in [1.807, 2.05) is 24.4 Å². The first-order valence-electron chi connectivity index (χ1n) is 4.45. The first-order valence-corrected chi connectivity index (χ1v) is 4.45. The van der Waals surface area contributed by atoms with Gasteiger partial charge in [0.05, 0.1) is 6.10 Å². The van der Waals surface area contributed by atoms with E-state index in [1.165, 1.54) is 0 Å². The molecule has 1 heterocycles. The van der Waals surface area contributed by atoms with Gasteiger partial charge in [-0.25, -0.2) is 0 Å². The van der Waals surface area contributed by atoms with Crippen LogP contribution in [0, 0.1) is 0 Å². The van der Waals surface area contributed by atoms with Gasteiger partial charge in [-0.05, 0) is 31.4 Å². The highest BCUT2D eigenvalue weighted by Gasteiger charge is 2.24. The standard InChI is InChI=1S/C10H13NO/c12-9-5-4-8(7-9)10-3-1-2-6-11-10/h1-3,6,8-9,12H,4-5,7H2/t8-,9+/m1/s1. The zero-order chi connectivity index (χ0) is 8.39. The summed E-state index contributed by atoms with van der Waals surface area (Å²) in [5.41, 5.74) is 1.13. The second-order valence-electron chi connectivity index (χ2n) is 3.42. The molecule has 0 radical (unpaired) electrons. The lowest BCUT2D eigenvalue weighted by Gasteiger charge is -2.06. The summed E-state index contributed by atoms with van der Waals surface area (Å²) in [6.07, 6.45) is 4.62. The van der Waals surface area contributed by atoms with E-state index in [1.54, 1.807) is 0 Å². The molecule has 0 unspecified atom stereocenters. The van der Waals surface area contributed by atoms with Gasteiger partial charge >= 0.3 is 0 Å². The van der Waals surface area contributed by atoms with Crippen LogP contribution in [0.2, 0.25) is 0 Å². The molecule has 1 N–H and O–H groups in total. The van der Waals surface area contributed by atoms with Gasteiger partial charge in [0, 0.05) is 17.8 Å². The van der Waals surface area contributed by atoms with Gasteiger partial charge in [0.1, 0.15) is 0 Å². The molecule has 64 valence electrons. The number of aliphatic hydroxyl groups is 1. The van der Waals surface area contributed by atoms with Gasteiger partial charge in [-0.3, -0.25) is 4.98 Å². The van der Waals surface area contributed by atoms with Crippen molar-refractivity contribution in [3.8, 4) is 0 Å². The molecular formula is C10H13NO. The Bertz CT molecular complexity index is 247. The van der Waals surface area contributed by atoms with Gasteiger partial charge in [0.2, 0.25) is 0 Å². The molecule has 0 aromatic carbocycles. The molecular weight excluding hydrogens is 150 g/mol. The van der Waals surface area contributed by atoms with E-state index >= 15 is 0 Å². The van der Waals surface area contributed by atoms with Crippen LogP contribution in [-0.4, -0.2) is 16.2 Å². The summed E-state index contributed by atoms with van der Waals surface area (Å²) in [6.45, 7) is 0. The fourth-order valence-electron chi connectivity index (χ4n) is 1.84. The highest BCUT2D eigenvalue weighted by molar-refractivity contribution is 5.11. The maximum absolute atomic E-state index is 9.33. The Balaban J connectivity index is 2.11. The largest absolute Gasteiger partial charge is 0.393 e. The number of rotatable bonds is 1. The Labute approximate surface area is 72.3 Å². The molecule has 2 atom stereocenters. The Morgan fingerprint density at radius 3 is 2.83 bits per heavy atom. The van der Waals surface area contributed by atoms with Crippen LogP contribution in [-0.2, 0) is 0 Å². The second-order valence-corrected chi connectivity index (χ2v) is 3.42. The Hall–Kier alpha value is -0.890. The molecule has 1 saturated carbocycles. The fourth-order valence-corrected chi connectivity index (χ4v) is 1.84. The fraction of sp³-hybridized carbons (Fsp3) is 0.500. The maximum Gasteiger partial charge on any atom is 0.0546 e. The minimum atomic E-state index is -0.1000. The van der Waals surface area contributed by atoms with Crippen LogP contribution in [0.4, 0.5) is 0 Å². The van der Waals surface area contributed by atoms with Crippen molar-refractivity contribution in [1.82, 2.24) is 4.98 Å². The van der Waals surface area contributed by atoms with E-state index in [-0.39, 0.29) is 6.10 Å². The highest BCUT2D eigenvalue weighted by atomic mass is 16.3. The van der Waals surface area contributed by atoms with E-state index in [9.17, 15) is 5.11 Å². The summed E-state index contributed by atoms with van der Waals surface area (Å²) in [5, 5.41) is 9.33. The topological polar surface area (TPSA) is 33.1 Å². The SMILES string of the molecule is O[C@H]1CC[C@@H](c2ccccn2)C1. The summed E-state index contributed by atoms with van der Waals surface area (Å²) < 4.78 is 0. The van der Waals surface area contributed by atoms with Crippen molar-refractivity contribution < 1.29 is 5.11 Å². The second kappa shape index (κ2) is 3.23. The van der Waals surface area contributed by atoms with Gasteiger partial charge in [-0.1, -0.05) is 6.07 Å². The summed E-state index contributed by atoms with van der Waals surface area (Å²) in [6, 6.07) is 5.98. The molecule has 0 aliphatic heterocycles. The van der Waals surface area contributed by atoms with E-state index < -0.39 is 0 Å². The van der Waals surface area contributed by atoms with Crippen molar-refractivity contribution in [2.75, 3.05) is 0 Å². The van der Waals surface area contributed by atoms with Crippen LogP contribution in [0.1, 0.15) is 30.9 Å². The van der Waals surface area contributed by atoms with Gasteiger partial charge in [0.25, 0.3) is 0 Å². The average Bonchev–Trinajstić information content (AvgIpc) is 2.54. The molecule has 0 saturated heterocycles. The molecule has 12 heavy (non-hydrogen) atoms. The van der Waals surface area contributed by atoms with Gasteiger partial charge in [0.15, 0.2) is 0 Å². The Kier molecular flexibility index (Phi) is 2.09. The van der Waals surface area contributed by atoms with Crippen LogP contribution >= 0.6 is 0 Å². The van der Waals surface area contributed by atoms with Crippen molar-refractivity contribution in [3.63, 3.8) is 0 Å². The quantitative estimate of drug-likeness (QED) is 0.683. The molecule has 2 heteroatoms. The predicted molar refractivity (Wildman–Crippen MR) is 46.8 cm³/mol. The third-order valence-electron chi connectivity index (χ3n) is 2.51. The zero-order valence-electron chi connectivity index (χ0n) is 6.98.